The zero-order chi connectivity index (χ0) is 51.2. The number of carbonyl (C=O) groups is 4. The van der Waals surface area contributed by atoms with Gasteiger partial charge in [-0.2, -0.15) is 15.0 Å². The van der Waals surface area contributed by atoms with E-state index >= 15 is 0 Å². The summed E-state index contributed by atoms with van der Waals surface area (Å²) >= 11 is 0. The molecule has 16 nitrogen and oxygen atoms in total. The zero-order valence-electron chi connectivity index (χ0n) is 44.2. The van der Waals surface area contributed by atoms with Crippen molar-refractivity contribution >= 4 is 41.7 Å². The minimum atomic E-state index is -1.38. The molecule has 0 aliphatic rings. The molecule has 16 heteroatoms. The fourth-order valence-corrected chi connectivity index (χ4v) is 6.97. The Bertz CT molecular complexity index is 1660. The maximum atomic E-state index is 12.8. The van der Waals surface area contributed by atoms with Gasteiger partial charge < -0.3 is 44.3 Å². The van der Waals surface area contributed by atoms with Gasteiger partial charge in [0.05, 0.1) is 27.9 Å². The maximum Gasteiger partial charge on any atom is 0.350 e. The van der Waals surface area contributed by atoms with Crippen molar-refractivity contribution in [3.63, 3.8) is 0 Å². The van der Waals surface area contributed by atoms with Crippen LogP contribution in [0, 0.1) is 0 Å². The van der Waals surface area contributed by atoms with E-state index in [0.29, 0.717) is 43.7 Å². The molecule has 0 aliphatic heterocycles. The number of hydrogen-bond donors (Lipinski definition) is 3. The number of phenols is 1. The Morgan fingerprint density at radius 3 is 1.45 bits per heavy atom. The van der Waals surface area contributed by atoms with Crippen molar-refractivity contribution in [1.29, 1.82) is 0 Å². The Kier molecular flexibility index (Phi) is 30.6. The van der Waals surface area contributed by atoms with E-state index in [1.807, 2.05) is 84.5 Å². The molecule has 0 saturated carbocycles. The van der Waals surface area contributed by atoms with E-state index in [1.165, 1.54) is 28.3 Å². The molecule has 3 N–H and O–H groups in total. The van der Waals surface area contributed by atoms with Gasteiger partial charge in [-0.15, -0.1) is 0 Å². The molecule has 384 valence electrons. The lowest BCUT2D eigenvalue weighted by molar-refractivity contribution is -0.180. The average Bonchev–Trinajstić information content (AvgIpc) is 3.28. The van der Waals surface area contributed by atoms with Crippen LogP contribution in [-0.2, 0) is 55.4 Å². The smallest absolute Gasteiger partial charge is 0.350 e. The van der Waals surface area contributed by atoms with Crippen molar-refractivity contribution in [2.75, 3.05) is 76.8 Å². The quantitative estimate of drug-likeness (QED) is 0.0434. The summed E-state index contributed by atoms with van der Waals surface area (Å²) in [4.78, 5) is 63.7. The number of carbonyl (C=O) groups excluding carboxylic acids is 4. The second-order valence-corrected chi connectivity index (χ2v) is 19.1. The lowest BCUT2D eigenvalue weighted by Crippen LogP contribution is -2.46. The number of nitrogens with one attached hydrogen (secondary N) is 1. The summed E-state index contributed by atoms with van der Waals surface area (Å²) in [6.07, 6.45) is 13.8. The summed E-state index contributed by atoms with van der Waals surface area (Å²) in [6.45, 7) is 22.2. The van der Waals surface area contributed by atoms with E-state index in [4.69, 9.17) is 14.6 Å². The van der Waals surface area contributed by atoms with E-state index in [1.54, 1.807) is 0 Å². The van der Waals surface area contributed by atoms with Crippen LogP contribution < -0.4 is 15.1 Å². The van der Waals surface area contributed by atoms with Crippen molar-refractivity contribution in [3.05, 3.63) is 28.8 Å². The second-order valence-electron chi connectivity index (χ2n) is 19.1. The number of benzene rings is 1. The summed E-state index contributed by atoms with van der Waals surface area (Å²) in [5, 5.41) is 22.9. The number of phenolic OH excluding ortho intramolecular Hbond substituents is 1. The Labute approximate surface area is 403 Å². The predicted octanol–water partition coefficient (Wildman–Crippen LogP) is 9.40. The average molecular weight is 947 g/mol. The zero-order valence-corrected chi connectivity index (χ0v) is 44.2. The molecule has 0 fully saturated rings. The molecule has 0 saturated heterocycles. The largest absolute Gasteiger partial charge is 0.507 e. The van der Waals surface area contributed by atoms with Gasteiger partial charge in [-0.25, -0.2) is 4.79 Å². The molecule has 0 radical (unpaired) electrons. The Balaban J connectivity index is 0.00000102. The molecule has 1 unspecified atom stereocenters. The number of aliphatic hydroxyl groups excluding tert-OH is 1. The number of hydrogen-bond acceptors (Lipinski definition) is 16. The van der Waals surface area contributed by atoms with Crippen LogP contribution >= 0.6 is 0 Å². The number of aromatic hydroxyl groups is 1. The topological polar surface area (TPSA) is 203 Å². The molecule has 2 rings (SSSR count). The first-order valence-corrected chi connectivity index (χ1v) is 24.3. The first-order valence-electron chi connectivity index (χ1n) is 24.3. The molecule has 1 aromatic carbocycles. The molecule has 1 aromatic heterocycles. The van der Waals surface area contributed by atoms with E-state index < -0.39 is 17.5 Å². The SMILES string of the molecule is CCCCC(Cc1cc(C(C)(C)C)c(O)c(C(C)(C)C)c1)(OC(C)=O)C(=O)OC.CCCCN(C)c1nc(NCCO)nc(N(C)CCCC)n1.COC(=O)CCCCCCCCC(=O)OC. The van der Waals surface area contributed by atoms with Crippen molar-refractivity contribution in [2.45, 2.75) is 188 Å². The molecule has 0 amide bonds. The normalized spacial score (nSPS) is 12.0. The van der Waals surface area contributed by atoms with Gasteiger partial charge in [-0.3, -0.25) is 14.4 Å². The van der Waals surface area contributed by atoms with E-state index in [2.05, 4.69) is 43.6 Å². The Morgan fingerprint density at radius 1 is 0.657 bits per heavy atom. The van der Waals surface area contributed by atoms with Crippen LogP contribution in [0.15, 0.2) is 12.1 Å². The lowest BCUT2D eigenvalue weighted by Gasteiger charge is -2.33. The second kappa shape index (κ2) is 32.9. The standard InChI is InChI=1S/C24H38O5.C15H30N6O.C12H22O4/c1-10-11-12-24(21(27)28-9,29-16(2)25)15-17-13-18(22(3,4)5)20(26)19(14-17)23(6,7)8;1-5-7-10-20(3)14-17-13(16-9-12-22)18-15(19-14)21(4)11-8-6-2;1-15-11(13)9-7-5-3-4-6-8-10-12(14)16-2/h13-14,26H,10-12,15H2,1-9H3;22H,5-12H2,1-4H3,(H,16,17,18,19);3-10H2,1-2H3. The van der Waals surface area contributed by atoms with E-state index in [9.17, 15) is 24.3 Å². The molecule has 2 aromatic rings. The van der Waals surface area contributed by atoms with Crippen LogP contribution in [0.5, 0.6) is 5.75 Å². The highest BCUT2D eigenvalue weighted by Gasteiger charge is 2.43. The number of ether oxygens (including phenoxy) is 4. The van der Waals surface area contributed by atoms with Crippen molar-refractivity contribution in [2.24, 2.45) is 0 Å². The number of esters is 4. The number of aromatic nitrogens is 3. The highest BCUT2D eigenvalue weighted by molar-refractivity contribution is 5.83. The van der Waals surface area contributed by atoms with Gasteiger partial charge in [0.2, 0.25) is 23.4 Å². The summed E-state index contributed by atoms with van der Waals surface area (Å²) in [6, 6.07) is 3.83. The van der Waals surface area contributed by atoms with E-state index in [0.717, 1.165) is 107 Å². The molecule has 1 atom stereocenters. The first kappa shape index (κ1) is 62.3. The molecular weight excluding hydrogens is 857 g/mol. The maximum absolute atomic E-state index is 12.8. The van der Waals surface area contributed by atoms with Gasteiger partial charge in [0, 0.05) is 59.9 Å². The number of rotatable bonds is 27. The number of anilines is 3. The molecule has 1 heterocycles. The molecule has 0 spiro atoms. The summed E-state index contributed by atoms with van der Waals surface area (Å²) in [5.41, 5.74) is 0.477. The van der Waals surface area contributed by atoms with Crippen LogP contribution in [0.1, 0.15) is 182 Å². The number of unbranched alkanes of at least 4 members (excludes halogenated alkanes) is 8. The van der Waals surface area contributed by atoms with Crippen LogP contribution in [0.4, 0.5) is 17.8 Å². The number of aliphatic hydroxyl groups is 1. The van der Waals surface area contributed by atoms with Crippen molar-refractivity contribution in [3.8, 4) is 5.75 Å². The number of nitrogens with zero attached hydrogens (tertiary/aromatic N) is 5. The predicted molar refractivity (Wildman–Crippen MR) is 268 cm³/mol. The minimum Gasteiger partial charge on any atom is -0.507 e. The molecule has 0 bridgehead atoms. The van der Waals surface area contributed by atoms with Gasteiger partial charge in [0.25, 0.3) is 0 Å². The highest BCUT2D eigenvalue weighted by Crippen LogP contribution is 2.41. The van der Waals surface area contributed by atoms with Gasteiger partial charge in [0.1, 0.15) is 5.75 Å². The summed E-state index contributed by atoms with van der Waals surface area (Å²) < 4.78 is 19.7. The van der Waals surface area contributed by atoms with Gasteiger partial charge in [-0.05, 0) is 66.0 Å². The highest BCUT2D eigenvalue weighted by atomic mass is 16.6. The molecular formula is C51H90N6O10. The third-order valence-corrected chi connectivity index (χ3v) is 11.0. The van der Waals surface area contributed by atoms with Crippen LogP contribution in [0.25, 0.3) is 0 Å². The lowest BCUT2D eigenvalue weighted by atomic mass is 9.77. The molecule has 67 heavy (non-hydrogen) atoms. The Morgan fingerprint density at radius 2 is 1.09 bits per heavy atom. The van der Waals surface area contributed by atoms with Gasteiger partial charge in [0.15, 0.2) is 0 Å². The van der Waals surface area contributed by atoms with Crippen LogP contribution in [0.2, 0.25) is 0 Å². The number of methoxy groups -OCH3 is 3. The molecule has 0 aliphatic carbocycles. The third-order valence-electron chi connectivity index (χ3n) is 11.0. The van der Waals surface area contributed by atoms with Gasteiger partial charge in [-0.1, -0.05) is 119 Å². The summed E-state index contributed by atoms with van der Waals surface area (Å²) in [5.74, 6) is 0.793. The first-order chi connectivity index (χ1) is 31.5. The third kappa shape index (κ3) is 24.7. The monoisotopic (exact) mass is 947 g/mol. The van der Waals surface area contributed by atoms with Crippen molar-refractivity contribution < 1.29 is 48.3 Å². The van der Waals surface area contributed by atoms with Crippen molar-refractivity contribution in [1.82, 2.24) is 15.0 Å². The van der Waals surface area contributed by atoms with Crippen LogP contribution in [0.3, 0.4) is 0 Å². The summed E-state index contributed by atoms with van der Waals surface area (Å²) in [7, 11) is 8.13. The fourth-order valence-electron chi connectivity index (χ4n) is 6.97. The van der Waals surface area contributed by atoms with Gasteiger partial charge >= 0.3 is 23.9 Å². The van der Waals surface area contributed by atoms with Crippen LogP contribution in [-0.4, -0.2) is 116 Å². The fraction of sp³-hybridized carbons (Fsp3) is 0.745. The Hall–Kier alpha value is -4.73. The van der Waals surface area contributed by atoms with E-state index in [-0.39, 0.29) is 41.5 Å². The minimum absolute atomic E-state index is 0.0493.